The summed E-state index contributed by atoms with van der Waals surface area (Å²) >= 11 is 3.38. The van der Waals surface area contributed by atoms with E-state index in [1.807, 2.05) is 45.0 Å². The molecule has 0 fully saturated rings. The molecule has 0 aliphatic heterocycles. The molecule has 0 saturated heterocycles. The van der Waals surface area contributed by atoms with E-state index in [2.05, 4.69) is 31.5 Å². The first-order chi connectivity index (χ1) is 8.88. The maximum atomic E-state index is 12.0. The van der Waals surface area contributed by atoms with Crippen molar-refractivity contribution in [1.29, 1.82) is 0 Å². The zero-order valence-electron chi connectivity index (χ0n) is 11.1. The maximum absolute atomic E-state index is 12.0. The van der Waals surface area contributed by atoms with Crippen LogP contribution in [0.4, 0.5) is 0 Å². The van der Waals surface area contributed by atoms with Crippen molar-refractivity contribution < 1.29 is 4.79 Å². The predicted molar refractivity (Wildman–Crippen MR) is 75.4 cm³/mol. The SMILES string of the molecule is CC(C)(C)C(=O)Cn1nnnc1-c1ccc(Br)cc1. The molecule has 1 heterocycles. The van der Waals surface area contributed by atoms with Gasteiger partial charge in [0.1, 0.15) is 6.54 Å². The summed E-state index contributed by atoms with van der Waals surface area (Å²) in [5, 5.41) is 11.5. The number of carbonyl (C=O) groups is 1. The molecule has 0 amide bonds. The molecule has 0 aliphatic rings. The maximum Gasteiger partial charge on any atom is 0.182 e. The van der Waals surface area contributed by atoms with Crippen LogP contribution >= 0.6 is 15.9 Å². The standard InChI is InChI=1S/C13H15BrN4O/c1-13(2,3)11(19)8-18-12(15-16-17-18)9-4-6-10(14)7-5-9/h4-7H,8H2,1-3H3. The molecule has 6 heteroatoms. The molecular weight excluding hydrogens is 308 g/mol. The van der Waals surface area contributed by atoms with Crippen molar-refractivity contribution in [2.24, 2.45) is 5.41 Å². The molecule has 0 bridgehead atoms. The van der Waals surface area contributed by atoms with Crippen molar-refractivity contribution in [3.05, 3.63) is 28.7 Å². The van der Waals surface area contributed by atoms with E-state index in [9.17, 15) is 4.79 Å². The highest BCUT2D eigenvalue weighted by Gasteiger charge is 2.23. The van der Waals surface area contributed by atoms with Gasteiger partial charge in [-0.1, -0.05) is 48.8 Å². The second-order valence-corrected chi connectivity index (χ2v) is 6.26. The summed E-state index contributed by atoms with van der Waals surface area (Å²) in [6.45, 7) is 5.85. The van der Waals surface area contributed by atoms with Gasteiger partial charge >= 0.3 is 0 Å². The van der Waals surface area contributed by atoms with Crippen LogP contribution in [0.2, 0.25) is 0 Å². The van der Waals surface area contributed by atoms with Gasteiger partial charge in [-0.2, -0.15) is 0 Å². The third-order valence-electron chi connectivity index (χ3n) is 2.76. The third-order valence-corrected chi connectivity index (χ3v) is 3.29. The molecular formula is C13H15BrN4O. The normalized spacial score (nSPS) is 11.6. The van der Waals surface area contributed by atoms with Crippen molar-refractivity contribution >= 4 is 21.7 Å². The van der Waals surface area contributed by atoms with Crippen LogP contribution < -0.4 is 0 Å². The second-order valence-electron chi connectivity index (χ2n) is 5.34. The second kappa shape index (κ2) is 5.21. The first-order valence-corrected chi connectivity index (χ1v) is 6.72. The van der Waals surface area contributed by atoms with Crippen LogP contribution in [0.1, 0.15) is 20.8 Å². The van der Waals surface area contributed by atoms with Gasteiger partial charge in [-0.3, -0.25) is 4.79 Å². The highest BCUT2D eigenvalue weighted by Crippen LogP contribution is 2.21. The number of hydrogen-bond donors (Lipinski definition) is 0. The molecule has 0 aliphatic carbocycles. The lowest BCUT2D eigenvalue weighted by Crippen LogP contribution is -2.25. The number of rotatable bonds is 3. The van der Waals surface area contributed by atoms with Gasteiger partial charge in [0.25, 0.3) is 0 Å². The first kappa shape index (κ1) is 13.9. The first-order valence-electron chi connectivity index (χ1n) is 5.93. The molecule has 19 heavy (non-hydrogen) atoms. The monoisotopic (exact) mass is 322 g/mol. The van der Waals surface area contributed by atoms with Crippen molar-refractivity contribution in [3.63, 3.8) is 0 Å². The predicted octanol–water partition coefficient (Wildman–Crippen LogP) is 2.72. The molecule has 5 nitrogen and oxygen atoms in total. The Labute approximate surface area is 120 Å². The van der Waals surface area contributed by atoms with Crippen LogP contribution in [-0.4, -0.2) is 26.0 Å². The summed E-state index contributed by atoms with van der Waals surface area (Å²) in [4.78, 5) is 12.0. The Balaban J connectivity index is 2.28. The van der Waals surface area contributed by atoms with Gasteiger partial charge in [-0.15, -0.1) is 5.10 Å². The summed E-state index contributed by atoms with van der Waals surface area (Å²) in [6.07, 6.45) is 0. The van der Waals surface area contributed by atoms with Gasteiger partial charge in [0.15, 0.2) is 11.6 Å². The van der Waals surface area contributed by atoms with Gasteiger partial charge in [0, 0.05) is 15.5 Å². The fourth-order valence-corrected chi connectivity index (χ4v) is 1.75. The van der Waals surface area contributed by atoms with E-state index < -0.39 is 5.41 Å². The number of Topliss-reactive ketones (excluding diaryl/α,β-unsaturated/α-hetero) is 1. The Morgan fingerprint density at radius 3 is 2.47 bits per heavy atom. The number of tetrazole rings is 1. The molecule has 0 radical (unpaired) electrons. The van der Waals surface area contributed by atoms with Gasteiger partial charge in [0.05, 0.1) is 0 Å². The minimum atomic E-state index is -0.400. The highest BCUT2D eigenvalue weighted by molar-refractivity contribution is 9.10. The molecule has 100 valence electrons. The molecule has 0 atom stereocenters. The number of ketones is 1. The van der Waals surface area contributed by atoms with E-state index in [-0.39, 0.29) is 12.3 Å². The van der Waals surface area contributed by atoms with Gasteiger partial charge in [-0.05, 0) is 22.6 Å². The fourth-order valence-electron chi connectivity index (χ4n) is 1.49. The van der Waals surface area contributed by atoms with Gasteiger partial charge in [0.2, 0.25) is 0 Å². The number of halogens is 1. The van der Waals surface area contributed by atoms with E-state index in [0.717, 1.165) is 10.0 Å². The Kier molecular flexibility index (Phi) is 3.80. The summed E-state index contributed by atoms with van der Waals surface area (Å²) < 4.78 is 2.53. The number of nitrogens with zero attached hydrogens (tertiary/aromatic N) is 4. The molecule has 0 saturated carbocycles. The average molecular weight is 323 g/mol. The largest absolute Gasteiger partial charge is 0.297 e. The summed E-state index contributed by atoms with van der Waals surface area (Å²) in [6, 6.07) is 7.65. The number of benzene rings is 1. The van der Waals surface area contributed by atoms with E-state index >= 15 is 0 Å². The lowest BCUT2D eigenvalue weighted by Gasteiger charge is -2.16. The van der Waals surface area contributed by atoms with Crippen molar-refractivity contribution in [2.45, 2.75) is 27.3 Å². The summed E-state index contributed by atoms with van der Waals surface area (Å²) in [5.41, 5.74) is 0.484. The average Bonchev–Trinajstić information content (AvgIpc) is 2.77. The number of carbonyl (C=O) groups excluding carboxylic acids is 1. The smallest absolute Gasteiger partial charge is 0.182 e. The molecule has 2 aromatic rings. The van der Waals surface area contributed by atoms with Gasteiger partial charge in [-0.25, -0.2) is 4.68 Å². The fraction of sp³-hybridized carbons (Fsp3) is 0.385. The Bertz CT molecular complexity index is 583. The third kappa shape index (κ3) is 3.26. The van der Waals surface area contributed by atoms with Crippen molar-refractivity contribution in [3.8, 4) is 11.4 Å². The van der Waals surface area contributed by atoms with E-state index in [0.29, 0.717) is 5.82 Å². The Morgan fingerprint density at radius 1 is 1.26 bits per heavy atom. The van der Waals surface area contributed by atoms with E-state index in [4.69, 9.17) is 0 Å². The lowest BCUT2D eigenvalue weighted by molar-refractivity contribution is -0.127. The summed E-state index contributed by atoms with van der Waals surface area (Å²) in [7, 11) is 0. The van der Waals surface area contributed by atoms with E-state index in [1.54, 1.807) is 0 Å². The number of aromatic nitrogens is 4. The molecule has 1 aromatic heterocycles. The van der Waals surface area contributed by atoms with Crippen LogP contribution in [0, 0.1) is 5.41 Å². The van der Waals surface area contributed by atoms with Crippen LogP contribution in [0.3, 0.4) is 0 Å². The number of hydrogen-bond acceptors (Lipinski definition) is 4. The van der Waals surface area contributed by atoms with E-state index in [1.165, 1.54) is 4.68 Å². The van der Waals surface area contributed by atoms with Crippen LogP contribution in [-0.2, 0) is 11.3 Å². The topological polar surface area (TPSA) is 60.7 Å². The summed E-state index contributed by atoms with van der Waals surface area (Å²) in [5.74, 6) is 0.697. The highest BCUT2D eigenvalue weighted by atomic mass is 79.9. The van der Waals surface area contributed by atoms with Crippen LogP contribution in [0.15, 0.2) is 28.7 Å². The molecule has 2 rings (SSSR count). The Hall–Kier alpha value is -1.56. The van der Waals surface area contributed by atoms with Crippen LogP contribution in [0.25, 0.3) is 11.4 Å². The quantitative estimate of drug-likeness (QED) is 0.871. The van der Waals surface area contributed by atoms with Gasteiger partial charge < -0.3 is 0 Å². The molecule has 0 spiro atoms. The minimum absolute atomic E-state index is 0.0955. The van der Waals surface area contributed by atoms with Crippen LogP contribution in [0.5, 0.6) is 0 Å². The van der Waals surface area contributed by atoms with Crippen molar-refractivity contribution in [1.82, 2.24) is 20.2 Å². The minimum Gasteiger partial charge on any atom is -0.297 e. The molecule has 1 aromatic carbocycles. The van der Waals surface area contributed by atoms with Crippen molar-refractivity contribution in [2.75, 3.05) is 0 Å². The zero-order valence-corrected chi connectivity index (χ0v) is 12.7. The Morgan fingerprint density at radius 2 is 1.89 bits per heavy atom. The molecule has 0 unspecified atom stereocenters. The molecule has 0 N–H and O–H groups in total. The zero-order chi connectivity index (χ0) is 14.0. The lowest BCUT2D eigenvalue weighted by atomic mass is 9.91.